The van der Waals surface area contributed by atoms with Gasteiger partial charge in [0.1, 0.15) is 5.82 Å². The number of hydrogen-bond donors (Lipinski definition) is 1. The SMILES string of the molecule is CN1CCCC(NC(=O)c2ccc(Br)c(F)c2)C1. The third-order valence-corrected chi connectivity index (χ3v) is 3.78. The lowest BCUT2D eigenvalue weighted by atomic mass is 10.1. The first-order chi connectivity index (χ1) is 8.56. The first-order valence-corrected chi connectivity index (χ1v) is 6.80. The molecule has 5 heteroatoms. The molecule has 18 heavy (non-hydrogen) atoms. The van der Waals surface area contributed by atoms with Crippen molar-refractivity contribution in [2.45, 2.75) is 18.9 Å². The molecule has 1 aromatic rings. The fourth-order valence-electron chi connectivity index (χ4n) is 2.19. The molecule has 1 unspecified atom stereocenters. The highest BCUT2D eigenvalue weighted by molar-refractivity contribution is 9.10. The molecule has 0 aromatic heterocycles. The van der Waals surface area contributed by atoms with Crippen LogP contribution >= 0.6 is 15.9 Å². The standard InChI is InChI=1S/C13H16BrFN2O/c1-17-6-2-3-10(8-17)16-13(18)9-4-5-11(14)12(15)7-9/h4-5,7,10H,2-3,6,8H2,1H3,(H,16,18). The number of likely N-dealkylation sites (tertiary alicyclic amines) is 1. The highest BCUT2D eigenvalue weighted by Crippen LogP contribution is 2.17. The number of nitrogens with zero attached hydrogens (tertiary/aromatic N) is 1. The zero-order chi connectivity index (χ0) is 13.1. The Kier molecular flexibility index (Phi) is 4.35. The topological polar surface area (TPSA) is 32.3 Å². The number of carbonyl (C=O) groups is 1. The van der Waals surface area contributed by atoms with Crippen LogP contribution in [-0.4, -0.2) is 37.0 Å². The lowest BCUT2D eigenvalue weighted by molar-refractivity contribution is 0.0912. The van der Waals surface area contributed by atoms with Crippen molar-refractivity contribution in [3.63, 3.8) is 0 Å². The van der Waals surface area contributed by atoms with Crippen molar-refractivity contribution in [2.75, 3.05) is 20.1 Å². The Labute approximate surface area is 114 Å². The van der Waals surface area contributed by atoms with Gasteiger partial charge in [0.25, 0.3) is 5.91 Å². The van der Waals surface area contributed by atoms with Gasteiger partial charge in [0.15, 0.2) is 0 Å². The number of amides is 1. The molecule has 1 heterocycles. The predicted octanol–water partition coefficient (Wildman–Crippen LogP) is 2.41. The van der Waals surface area contributed by atoms with Crippen LogP contribution in [0, 0.1) is 5.82 Å². The predicted molar refractivity (Wildman–Crippen MR) is 72.1 cm³/mol. The van der Waals surface area contributed by atoms with E-state index in [1.807, 2.05) is 7.05 Å². The molecule has 1 aromatic carbocycles. The normalized spacial score (nSPS) is 20.7. The van der Waals surface area contributed by atoms with E-state index in [1.54, 1.807) is 12.1 Å². The summed E-state index contributed by atoms with van der Waals surface area (Å²) >= 11 is 3.07. The Morgan fingerprint density at radius 1 is 1.56 bits per heavy atom. The summed E-state index contributed by atoms with van der Waals surface area (Å²) in [6.07, 6.45) is 2.06. The van der Waals surface area contributed by atoms with Crippen LogP contribution in [0.25, 0.3) is 0 Å². The minimum atomic E-state index is -0.414. The maximum atomic E-state index is 13.3. The van der Waals surface area contributed by atoms with Crippen molar-refractivity contribution in [3.05, 3.63) is 34.1 Å². The molecular weight excluding hydrogens is 299 g/mol. The van der Waals surface area contributed by atoms with Crippen molar-refractivity contribution in [2.24, 2.45) is 0 Å². The van der Waals surface area contributed by atoms with E-state index in [4.69, 9.17) is 0 Å². The molecule has 2 rings (SSSR count). The fourth-order valence-corrected chi connectivity index (χ4v) is 2.44. The van der Waals surface area contributed by atoms with Crippen LogP contribution in [0.15, 0.2) is 22.7 Å². The summed E-state index contributed by atoms with van der Waals surface area (Å²) in [4.78, 5) is 14.2. The average molecular weight is 315 g/mol. The molecule has 1 atom stereocenters. The Morgan fingerprint density at radius 3 is 3.00 bits per heavy atom. The van der Waals surface area contributed by atoms with Gasteiger partial charge in [0.2, 0.25) is 0 Å². The molecule has 1 N–H and O–H groups in total. The molecule has 1 fully saturated rings. The number of piperidine rings is 1. The van der Waals surface area contributed by atoms with Gasteiger partial charge < -0.3 is 10.2 Å². The van der Waals surface area contributed by atoms with E-state index in [0.29, 0.717) is 10.0 Å². The van der Waals surface area contributed by atoms with Crippen LogP contribution in [0.3, 0.4) is 0 Å². The van der Waals surface area contributed by atoms with Crippen molar-refractivity contribution in [3.8, 4) is 0 Å². The minimum Gasteiger partial charge on any atom is -0.348 e. The van der Waals surface area contributed by atoms with Crippen molar-refractivity contribution >= 4 is 21.8 Å². The van der Waals surface area contributed by atoms with Gasteiger partial charge >= 0.3 is 0 Å². The van der Waals surface area contributed by atoms with Crippen LogP contribution in [0.2, 0.25) is 0 Å². The summed E-state index contributed by atoms with van der Waals surface area (Å²) < 4.78 is 13.7. The zero-order valence-electron chi connectivity index (χ0n) is 10.2. The van der Waals surface area contributed by atoms with Crippen LogP contribution in [0.4, 0.5) is 4.39 Å². The van der Waals surface area contributed by atoms with E-state index in [1.165, 1.54) is 6.07 Å². The maximum Gasteiger partial charge on any atom is 0.251 e. The second-order valence-electron chi connectivity index (χ2n) is 4.70. The first kappa shape index (κ1) is 13.5. The van der Waals surface area contributed by atoms with Gasteiger partial charge in [-0.05, 0) is 60.6 Å². The van der Waals surface area contributed by atoms with E-state index in [0.717, 1.165) is 25.9 Å². The van der Waals surface area contributed by atoms with Gasteiger partial charge in [-0.2, -0.15) is 0 Å². The number of benzene rings is 1. The minimum absolute atomic E-state index is 0.156. The molecule has 0 saturated carbocycles. The second-order valence-corrected chi connectivity index (χ2v) is 5.56. The van der Waals surface area contributed by atoms with Gasteiger partial charge in [0.05, 0.1) is 4.47 Å². The highest BCUT2D eigenvalue weighted by Gasteiger charge is 2.19. The van der Waals surface area contributed by atoms with Gasteiger partial charge in [0, 0.05) is 18.2 Å². The summed E-state index contributed by atoms with van der Waals surface area (Å²) in [5, 5.41) is 2.95. The van der Waals surface area contributed by atoms with Crippen LogP contribution in [0.1, 0.15) is 23.2 Å². The largest absolute Gasteiger partial charge is 0.348 e. The maximum absolute atomic E-state index is 13.3. The number of likely N-dealkylation sites (N-methyl/N-ethyl adjacent to an activating group) is 1. The summed E-state index contributed by atoms with van der Waals surface area (Å²) in [5.41, 5.74) is 0.365. The molecule has 98 valence electrons. The molecule has 1 saturated heterocycles. The van der Waals surface area contributed by atoms with Gasteiger partial charge in [-0.3, -0.25) is 4.79 Å². The number of carbonyl (C=O) groups excluding carboxylic acids is 1. The zero-order valence-corrected chi connectivity index (χ0v) is 11.8. The molecule has 1 aliphatic rings. The van der Waals surface area contributed by atoms with Crippen molar-refractivity contribution in [1.82, 2.24) is 10.2 Å². The summed E-state index contributed by atoms with van der Waals surface area (Å²) in [5.74, 6) is -0.620. The molecule has 0 bridgehead atoms. The molecule has 3 nitrogen and oxygen atoms in total. The molecule has 0 aliphatic carbocycles. The van der Waals surface area contributed by atoms with Gasteiger partial charge in [-0.25, -0.2) is 4.39 Å². The number of nitrogens with one attached hydrogen (secondary N) is 1. The number of halogens is 2. The average Bonchev–Trinajstić information content (AvgIpc) is 2.32. The van der Waals surface area contributed by atoms with Gasteiger partial charge in [-0.1, -0.05) is 0 Å². The Balaban J connectivity index is 2.00. The van der Waals surface area contributed by atoms with Crippen molar-refractivity contribution < 1.29 is 9.18 Å². The van der Waals surface area contributed by atoms with Crippen LogP contribution < -0.4 is 5.32 Å². The third-order valence-electron chi connectivity index (χ3n) is 3.14. The number of rotatable bonds is 2. The number of hydrogen-bond acceptors (Lipinski definition) is 2. The van der Waals surface area contributed by atoms with Crippen molar-refractivity contribution in [1.29, 1.82) is 0 Å². The quantitative estimate of drug-likeness (QED) is 0.909. The Bertz CT molecular complexity index is 453. The Hall–Kier alpha value is -0.940. The van der Waals surface area contributed by atoms with Gasteiger partial charge in [-0.15, -0.1) is 0 Å². The molecule has 1 aliphatic heterocycles. The second kappa shape index (κ2) is 5.80. The van der Waals surface area contributed by atoms with E-state index in [9.17, 15) is 9.18 Å². The summed E-state index contributed by atoms with van der Waals surface area (Å²) in [6, 6.07) is 4.58. The summed E-state index contributed by atoms with van der Waals surface area (Å²) in [6.45, 7) is 1.92. The fraction of sp³-hybridized carbons (Fsp3) is 0.462. The third kappa shape index (κ3) is 3.29. The highest BCUT2D eigenvalue weighted by atomic mass is 79.9. The monoisotopic (exact) mass is 314 g/mol. The summed E-state index contributed by atoms with van der Waals surface area (Å²) in [7, 11) is 2.04. The van der Waals surface area contributed by atoms with E-state index < -0.39 is 5.82 Å². The van der Waals surface area contributed by atoms with Crippen LogP contribution in [-0.2, 0) is 0 Å². The van der Waals surface area contributed by atoms with E-state index in [-0.39, 0.29) is 11.9 Å². The molecule has 0 spiro atoms. The molecule has 1 amide bonds. The lowest BCUT2D eigenvalue weighted by Crippen LogP contribution is -2.46. The Morgan fingerprint density at radius 2 is 2.33 bits per heavy atom. The first-order valence-electron chi connectivity index (χ1n) is 6.00. The van der Waals surface area contributed by atoms with Crippen LogP contribution in [0.5, 0.6) is 0 Å². The lowest BCUT2D eigenvalue weighted by Gasteiger charge is -2.30. The molecule has 0 radical (unpaired) electrons. The van der Waals surface area contributed by atoms with E-state index >= 15 is 0 Å². The smallest absolute Gasteiger partial charge is 0.251 e. The van der Waals surface area contributed by atoms with E-state index in [2.05, 4.69) is 26.1 Å². The molecular formula is C13H16BrFN2O.